The van der Waals surface area contributed by atoms with Crippen LogP contribution in [-0.4, -0.2) is 23.6 Å². The van der Waals surface area contributed by atoms with Crippen molar-refractivity contribution in [1.29, 1.82) is 0 Å². The van der Waals surface area contributed by atoms with E-state index in [0.29, 0.717) is 17.0 Å². The van der Waals surface area contributed by atoms with Crippen LogP contribution in [0.4, 0.5) is 0 Å². The quantitative estimate of drug-likeness (QED) is 0.536. The van der Waals surface area contributed by atoms with Crippen molar-refractivity contribution in [2.24, 2.45) is 11.8 Å². The zero-order valence-electron chi connectivity index (χ0n) is 18.3. The second kappa shape index (κ2) is 8.64. The molecule has 4 heteroatoms. The number of aliphatic hydroxyl groups is 1. The van der Waals surface area contributed by atoms with Gasteiger partial charge in [0.05, 0.1) is 17.1 Å². The average molecular weight is 437 g/mol. The van der Waals surface area contributed by atoms with Crippen molar-refractivity contribution in [3.8, 4) is 11.1 Å². The van der Waals surface area contributed by atoms with Crippen LogP contribution in [0.1, 0.15) is 44.2 Å². The van der Waals surface area contributed by atoms with Crippen molar-refractivity contribution < 1.29 is 14.6 Å². The van der Waals surface area contributed by atoms with E-state index in [1.165, 1.54) is 0 Å². The lowest BCUT2D eigenvalue weighted by molar-refractivity contribution is -0.125. The maximum Gasteiger partial charge on any atom is 0.172 e. The van der Waals surface area contributed by atoms with E-state index in [0.717, 1.165) is 41.5 Å². The topological polar surface area (TPSA) is 46.5 Å². The highest BCUT2D eigenvalue weighted by Crippen LogP contribution is 2.43. The second-order valence-corrected chi connectivity index (χ2v) is 9.10. The van der Waals surface area contributed by atoms with Gasteiger partial charge in [0.1, 0.15) is 5.76 Å². The molecule has 0 saturated heterocycles. The van der Waals surface area contributed by atoms with E-state index in [4.69, 9.17) is 16.3 Å². The van der Waals surface area contributed by atoms with E-state index in [-0.39, 0.29) is 17.5 Å². The van der Waals surface area contributed by atoms with Crippen LogP contribution in [0.25, 0.3) is 16.7 Å². The van der Waals surface area contributed by atoms with Gasteiger partial charge in [0.15, 0.2) is 5.78 Å². The van der Waals surface area contributed by atoms with Gasteiger partial charge in [-0.3, -0.25) is 4.79 Å². The number of Topliss-reactive ketones (excluding diaryl/α,β-unsaturated/α-hetero) is 1. The number of rotatable bonds is 4. The molecule has 0 heterocycles. The number of halogens is 1. The van der Waals surface area contributed by atoms with Crippen LogP contribution in [0, 0.1) is 11.8 Å². The van der Waals surface area contributed by atoms with Crippen molar-refractivity contribution in [3.63, 3.8) is 0 Å². The number of methoxy groups -OCH3 is 1. The summed E-state index contributed by atoms with van der Waals surface area (Å²) < 4.78 is 5.90. The Morgan fingerprint density at radius 2 is 1.87 bits per heavy atom. The van der Waals surface area contributed by atoms with Crippen LogP contribution in [0.5, 0.6) is 0 Å². The van der Waals surface area contributed by atoms with E-state index in [1.807, 2.05) is 43.3 Å². The minimum atomic E-state index is -0.621. The monoisotopic (exact) mass is 436 g/mol. The zero-order chi connectivity index (χ0) is 22.2. The Balaban J connectivity index is 1.87. The Kier molecular flexibility index (Phi) is 6.09. The summed E-state index contributed by atoms with van der Waals surface area (Å²) in [6.07, 6.45) is 7.07. The molecule has 0 fully saturated rings. The number of allylic oxidation sites excluding steroid dienone is 3. The largest absolute Gasteiger partial charge is 0.512 e. The standard InChI is InChI=1S/C27H29ClO3/c1-4-19-5-6-21(20-7-9-22(28)10-8-20)16-23(19)25-24(29)15-18-11-13-27(31-3,14-12-18)17(2)26(25)30/h5-11,13,16-18,29H,4,12,14-15H2,1-3H3/b25-24+/t17-,18+,27+/m1/s1. The molecule has 5 rings (SSSR count). The van der Waals surface area contributed by atoms with Gasteiger partial charge in [-0.2, -0.15) is 0 Å². The molecule has 2 aromatic carbocycles. The Morgan fingerprint density at radius 1 is 1.16 bits per heavy atom. The Bertz CT molecular complexity index is 1050. The fraction of sp³-hybridized carbons (Fsp3) is 0.370. The maximum absolute atomic E-state index is 13.8. The molecule has 2 aromatic rings. The number of fused-ring (bicyclic) bond motifs is 4. The lowest BCUT2D eigenvalue weighted by Gasteiger charge is -2.37. The molecule has 0 amide bonds. The highest BCUT2D eigenvalue weighted by Gasteiger charge is 2.43. The molecule has 162 valence electrons. The van der Waals surface area contributed by atoms with Crippen molar-refractivity contribution in [2.75, 3.05) is 7.11 Å². The maximum atomic E-state index is 13.8. The summed E-state index contributed by atoms with van der Waals surface area (Å²) in [6.45, 7) is 3.99. The first-order valence-electron chi connectivity index (χ1n) is 11.0. The number of carbonyl (C=O) groups excluding carboxylic acids is 1. The number of aryl methyl sites for hydroxylation is 1. The lowest BCUT2D eigenvalue weighted by Crippen LogP contribution is -2.42. The Morgan fingerprint density at radius 3 is 2.48 bits per heavy atom. The molecule has 2 bridgehead atoms. The second-order valence-electron chi connectivity index (χ2n) is 8.66. The fourth-order valence-electron chi connectivity index (χ4n) is 4.93. The summed E-state index contributed by atoms with van der Waals surface area (Å²) in [7, 11) is 1.67. The number of ketones is 1. The highest BCUT2D eigenvalue weighted by atomic mass is 35.5. The first kappa shape index (κ1) is 21.9. The number of aliphatic hydroxyl groups excluding tert-OH is 1. The minimum absolute atomic E-state index is 0.0606. The molecule has 3 aliphatic carbocycles. The number of hydrogen-bond acceptors (Lipinski definition) is 3. The van der Waals surface area contributed by atoms with Crippen LogP contribution in [0.15, 0.2) is 60.4 Å². The third-order valence-electron chi connectivity index (χ3n) is 6.99. The van der Waals surface area contributed by atoms with Gasteiger partial charge in [-0.05, 0) is 65.6 Å². The van der Waals surface area contributed by atoms with E-state index in [1.54, 1.807) is 7.11 Å². The van der Waals surface area contributed by atoms with Crippen molar-refractivity contribution in [3.05, 3.63) is 76.5 Å². The Hall–Kier alpha value is -2.36. The van der Waals surface area contributed by atoms with E-state index in [2.05, 4.69) is 25.1 Å². The van der Waals surface area contributed by atoms with Crippen LogP contribution in [0.2, 0.25) is 5.02 Å². The van der Waals surface area contributed by atoms with Crippen molar-refractivity contribution in [1.82, 2.24) is 0 Å². The number of hydrogen-bond donors (Lipinski definition) is 1. The molecule has 3 atom stereocenters. The Labute approximate surface area is 189 Å². The molecular weight excluding hydrogens is 408 g/mol. The van der Waals surface area contributed by atoms with Gasteiger partial charge >= 0.3 is 0 Å². The SMILES string of the molecule is CCc1ccc(-c2ccc(Cl)cc2)cc1/C1=C(\O)C[C@H]2C=C[C@](OC)(CC2)[C@H](C)C1=O. The molecule has 0 aliphatic heterocycles. The highest BCUT2D eigenvalue weighted by molar-refractivity contribution is 6.30. The lowest BCUT2D eigenvalue weighted by atomic mass is 9.75. The molecule has 1 N–H and O–H groups in total. The summed E-state index contributed by atoms with van der Waals surface area (Å²) in [5, 5.41) is 11.9. The molecule has 0 aromatic heterocycles. The first-order chi connectivity index (χ1) is 14.9. The van der Waals surface area contributed by atoms with Crippen molar-refractivity contribution >= 4 is 23.0 Å². The van der Waals surface area contributed by atoms with Gasteiger partial charge in [0.2, 0.25) is 0 Å². The number of ether oxygens (including phenoxy) is 1. The molecule has 0 saturated carbocycles. The predicted octanol–water partition coefficient (Wildman–Crippen LogP) is 6.80. The summed E-state index contributed by atoms with van der Waals surface area (Å²) in [4.78, 5) is 13.8. The van der Waals surface area contributed by atoms with Gasteiger partial charge in [0, 0.05) is 18.6 Å². The summed E-state index contributed by atoms with van der Waals surface area (Å²) in [5.74, 6) is -0.0625. The van der Waals surface area contributed by atoms with E-state index < -0.39 is 11.5 Å². The van der Waals surface area contributed by atoms with Crippen LogP contribution in [-0.2, 0) is 16.0 Å². The van der Waals surface area contributed by atoms with Crippen LogP contribution >= 0.6 is 11.6 Å². The first-order valence-corrected chi connectivity index (χ1v) is 11.4. The average Bonchev–Trinajstić information content (AvgIpc) is 2.85. The van der Waals surface area contributed by atoms with Crippen LogP contribution < -0.4 is 0 Å². The van der Waals surface area contributed by atoms with Gasteiger partial charge in [-0.15, -0.1) is 0 Å². The number of benzene rings is 2. The summed E-state index contributed by atoms with van der Waals surface area (Å²) >= 11 is 6.06. The minimum Gasteiger partial charge on any atom is -0.512 e. The summed E-state index contributed by atoms with van der Waals surface area (Å²) in [5.41, 5.74) is 3.70. The molecule has 0 radical (unpaired) electrons. The predicted molar refractivity (Wildman–Crippen MR) is 126 cm³/mol. The van der Waals surface area contributed by atoms with Crippen LogP contribution in [0.3, 0.4) is 0 Å². The van der Waals surface area contributed by atoms with Gasteiger partial charge in [-0.25, -0.2) is 0 Å². The van der Waals surface area contributed by atoms with Gasteiger partial charge in [-0.1, -0.05) is 61.9 Å². The molecule has 0 spiro atoms. The molecular formula is C27H29ClO3. The normalized spacial score (nSPS) is 28.3. The fourth-order valence-corrected chi connectivity index (χ4v) is 5.05. The van der Waals surface area contributed by atoms with Gasteiger partial charge in [0.25, 0.3) is 0 Å². The number of carbonyl (C=O) groups is 1. The van der Waals surface area contributed by atoms with Gasteiger partial charge < -0.3 is 9.84 Å². The molecule has 3 nitrogen and oxygen atoms in total. The zero-order valence-corrected chi connectivity index (χ0v) is 19.1. The third kappa shape index (κ3) is 3.97. The van der Waals surface area contributed by atoms with E-state index in [9.17, 15) is 9.90 Å². The van der Waals surface area contributed by atoms with E-state index >= 15 is 0 Å². The summed E-state index contributed by atoms with van der Waals surface area (Å²) in [6, 6.07) is 13.8. The third-order valence-corrected chi connectivity index (χ3v) is 7.24. The molecule has 3 aliphatic rings. The van der Waals surface area contributed by atoms with Crippen molar-refractivity contribution in [2.45, 2.75) is 45.1 Å². The smallest absolute Gasteiger partial charge is 0.172 e. The molecule has 31 heavy (non-hydrogen) atoms. The molecule has 0 unspecified atom stereocenters.